The molecule has 10 unspecified atom stereocenters. The molecule has 98 heavy (non-hydrogen) atoms. The van der Waals surface area contributed by atoms with Crippen LogP contribution in [0.5, 0.6) is 11.5 Å². The van der Waals surface area contributed by atoms with E-state index >= 15 is 9.59 Å². The summed E-state index contributed by atoms with van der Waals surface area (Å²) in [6, 6.07) is 24.5. The van der Waals surface area contributed by atoms with Gasteiger partial charge in [0.05, 0.1) is 59.6 Å². The normalized spacial score (nSPS) is 29.9. The van der Waals surface area contributed by atoms with Gasteiger partial charge in [0.25, 0.3) is 11.8 Å². The number of sulfonamides is 2. The van der Waals surface area contributed by atoms with Crippen molar-refractivity contribution >= 4 is 65.5 Å². The molecule has 2 N–H and O–H groups in total. The Morgan fingerprint density at radius 2 is 1.07 bits per heavy atom. The number of ether oxygens (including phenoxy) is 4. The highest BCUT2D eigenvalue weighted by Crippen LogP contribution is 2.69. The van der Waals surface area contributed by atoms with E-state index in [1.54, 1.807) is 19.2 Å². The zero-order valence-electron chi connectivity index (χ0n) is 56.5. The van der Waals surface area contributed by atoms with Crippen LogP contribution in [-0.4, -0.2) is 184 Å². The van der Waals surface area contributed by atoms with Crippen molar-refractivity contribution in [1.29, 1.82) is 0 Å². The van der Waals surface area contributed by atoms with Gasteiger partial charge in [-0.25, -0.2) is 26.3 Å². The predicted octanol–water partition coefficient (Wildman–Crippen LogP) is 9.62. The van der Waals surface area contributed by atoms with Crippen LogP contribution in [0.1, 0.15) is 176 Å². The number of fused-ring (bicyclic) bond motifs is 18. The molecule has 18 rings (SSSR count). The second kappa shape index (κ2) is 23.6. The average molecular weight is 1370 g/mol. The number of benzene rings is 4. The van der Waals surface area contributed by atoms with E-state index in [1.165, 1.54) is 17.5 Å². The SMILES string of the molecule is COc1ccc2c(c1)C1CC1(C(=O)N1C3CC1CN(C)C3)Cn1c-2c(C2CCCCC2)c2ccc(C(=O)NS(=O)(=O)CC3CC(COc4ccc5c(c4)C4CC4(C(=O)N4C6CC4CN(C)C6)Cn4c-5c(C5CCCCC5)c5ccc(C(=O)NS(=O)(=O)C6CCOCC6)cc54)CO3)cc21. The number of carbonyl (C=O) groups is 4. The lowest BCUT2D eigenvalue weighted by Crippen LogP contribution is -2.70. The third kappa shape index (κ3) is 10.4. The fourth-order valence-corrected chi connectivity index (χ4v) is 23.2. The van der Waals surface area contributed by atoms with Crippen molar-refractivity contribution < 1.29 is 55.0 Å². The van der Waals surface area contributed by atoms with E-state index in [-0.39, 0.29) is 89.9 Å². The molecular weight excluding hydrogens is 1280 g/mol. The highest BCUT2D eigenvalue weighted by Gasteiger charge is 2.68. The molecule has 10 fully saturated rings. The third-order valence-electron chi connectivity index (χ3n) is 25.6. The summed E-state index contributed by atoms with van der Waals surface area (Å²) in [5, 5.41) is 1.34. The summed E-state index contributed by atoms with van der Waals surface area (Å²) in [5.74, 6) is 0.284. The standard InChI is InChI=1S/C76H90N8O12S2/c1-79-35-49-29-50(36-79)83(49)73(87)75-33-63(75)61-31-53(93-3)16-20-57(61)69-67(45-10-6-4-7-11-45)59-18-14-47(27-65(59)81(69)42-75)71(85)77-97(89,90)41-55-26-44(40-96-55)39-95-54-17-21-58-62(32-54)64-34-76(64,74(88)84-51-30-52(84)38-80(2)37-51)43-82-66-28-48(72(86)78-98(91,92)56-22-24-94-25-23-56)15-19-60(66)68(70(58)82)46-12-8-5-9-13-46/h14-21,27-28,31-32,44-46,49-52,55-56,63-64H,4-13,22-26,29-30,33-43H2,1-3H3,(H,77,85)(H,78,86). The maximum absolute atomic E-state index is 15.5. The van der Waals surface area contributed by atoms with Crippen LogP contribution in [0.2, 0.25) is 0 Å². The number of hydrogen-bond acceptors (Lipinski definition) is 14. The topological polar surface area (TPSA) is 220 Å². The van der Waals surface area contributed by atoms with E-state index in [0.717, 1.165) is 164 Å². The molecule has 22 heteroatoms. The van der Waals surface area contributed by atoms with Crippen LogP contribution in [-0.2, 0) is 52.2 Å². The predicted molar refractivity (Wildman–Crippen MR) is 370 cm³/mol. The number of rotatable bonds is 15. The summed E-state index contributed by atoms with van der Waals surface area (Å²) in [4.78, 5) is 68.4. The molecule has 4 bridgehead atoms. The number of hydrogen-bond donors (Lipinski definition) is 2. The first-order valence-corrected chi connectivity index (χ1v) is 39.7. The van der Waals surface area contributed by atoms with Crippen molar-refractivity contribution in [2.45, 2.75) is 181 Å². The van der Waals surface area contributed by atoms with E-state index < -0.39 is 59.8 Å². The van der Waals surface area contributed by atoms with Crippen LogP contribution >= 0.6 is 0 Å². The lowest BCUT2D eigenvalue weighted by atomic mass is 9.81. The lowest BCUT2D eigenvalue weighted by Gasteiger charge is -2.56. The maximum Gasteiger partial charge on any atom is 0.264 e. The summed E-state index contributed by atoms with van der Waals surface area (Å²) in [6.45, 7) is 5.46. The van der Waals surface area contributed by atoms with E-state index in [9.17, 15) is 26.4 Å². The number of methoxy groups -OCH3 is 1. The molecule has 10 heterocycles. The number of carbonyl (C=O) groups excluding carboxylic acids is 4. The lowest BCUT2D eigenvalue weighted by molar-refractivity contribution is -0.160. The Morgan fingerprint density at radius 3 is 1.58 bits per heavy atom. The molecule has 6 aromatic rings. The number of likely N-dealkylation sites (N-methyl/N-ethyl adjacent to an activating group) is 2. The molecule has 10 atom stereocenters. The Balaban J connectivity index is 0.606. The van der Waals surface area contributed by atoms with Crippen LogP contribution in [0.25, 0.3) is 44.3 Å². The maximum atomic E-state index is 15.5. The Labute approximate surface area is 573 Å². The van der Waals surface area contributed by atoms with Gasteiger partial charge in [-0.1, -0.05) is 50.7 Å². The smallest absolute Gasteiger partial charge is 0.264 e. The van der Waals surface area contributed by atoms with Gasteiger partial charge in [-0.05, 0) is 179 Å². The van der Waals surface area contributed by atoms with Crippen molar-refractivity contribution in [3.63, 3.8) is 0 Å². The number of nitrogens with zero attached hydrogens (tertiary/aromatic N) is 6. The Hall–Kier alpha value is -6.82. The molecule has 6 saturated heterocycles. The second-order valence-corrected chi connectivity index (χ2v) is 35.4. The minimum atomic E-state index is -4.20. The molecule has 2 aromatic heterocycles. The molecule has 518 valence electrons. The number of amides is 4. The minimum absolute atomic E-state index is 0.00849. The number of likely N-dealkylation sites (tertiary alicyclic amines) is 4. The van der Waals surface area contributed by atoms with Crippen LogP contribution in [0, 0.1) is 16.7 Å². The molecule has 12 aliphatic rings. The van der Waals surface area contributed by atoms with Gasteiger partial charge in [0.2, 0.25) is 31.9 Å². The molecule has 4 aliphatic carbocycles. The Morgan fingerprint density at radius 1 is 0.582 bits per heavy atom. The first kappa shape index (κ1) is 63.4. The fraction of sp³-hybridized carbons (Fsp3) is 0.579. The number of piperidine rings is 2. The van der Waals surface area contributed by atoms with Gasteiger partial charge in [-0.15, -0.1) is 0 Å². The van der Waals surface area contributed by atoms with Gasteiger partial charge in [0.15, 0.2) is 0 Å². The van der Waals surface area contributed by atoms with Crippen LogP contribution < -0.4 is 18.9 Å². The first-order chi connectivity index (χ1) is 47.4. The van der Waals surface area contributed by atoms with Crippen molar-refractivity contribution in [2.24, 2.45) is 16.7 Å². The van der Waals surface area contributed by atoms with E-state index in [1.807, 2.05) is 36.4 Å². The van der Waals surface area contributed by atoms with Crippen molar-refractivity contribution in [3.05, 3.63) is 106 Å². The second-order valence-electron chi connectivity index (χ2n) is 31.7. The van der Waals surface area contributed by atoms with Crippen molar-refractivity contribution in [1.82, 2.24) is 38.2 Å². The van der Waals surface area contributed by atoms with Gasteiger partial charge < -0.3 is 47.7 Å². The molecule has 4 aromatic carbocycles. The summed E-state index contributed by atoms with van der Waals surface area (Å²) in [6.07, 6.45) is 14.6. The summed E-state index contributed by atoms with van der Waals surface area (Å²) in [7, 11) is -2.23. The van der Waals surface area contributed by atoms with Gasteiger partial charge in [0.1, 0.15) is 11.5 Å². The first-order valence-electron chi connectivity index (χ1n) is 36.5. The molecule has 4 amide bonds. The van der Waals surface area contributed by atoms with Crippen LogP contribution in [0.15, 0.2) is 72.8 Å². The van der Waals surface area contributed by atoms with E-state index in [4.69, 9.17) is 18.9 Å². The molecule has 0 radical (unpaired) electrons. The molecule has 0 spiro atoms. The minimum Gasteiger partial charge on any atom is -0.497 e. The number of nitrogens with one attached hydrogen (secondary N) is 2. The third-order valence-corrected chi connectivity index (χ3v) is 28.7. The van der Waals surface area contributed by atoms with Gasteiger partial charge in [-0.2, -0.15) is 0 Å². The zero-order chi connectivity index (χ0) is 66.9. The van der Waals surface area contributed by atoms with Crippen LogP contribution in [0.3, 0.4) is 0 Å². The highest BCUT2D eigenvalue weighted by atomic mass is 32.2. The average Bonchev–Trinajstić information content (AvgIpc) is 1.52. The van der Waals surface area contributed by atoms with E-state index in [0.29, 0.717) is 57.7 Å². The largest absolute Gasteiger partial charge is 0.497 e. The monoisotopic (exact) mass is 1370 g/mol. The molecule has 4 saturated carbocycles. The summed E-state index contributed by atoms with van der Waals surface area (Å²) < 4.78 is 89.3. The zero-order valence-corrected chi connectivity index (χ0v) is 58.1. The Kier molecular flexibility index (Phi) is 15.3. The molecular formula is C76H90N8O12S2. The van der Waals surface area contributed by atoms with Crippen LogP contribution in [0.4, 0.5) is 0 Å². The fourth-order valence-electron chi connectivity index (χ4n) is 20.6. The van der Waals surface area contributed by atoms with Crippen molar-refractivity contribution in [2.75, 3.05) is 79.6 Å². The number of aromatic nitrogens is 2. The molecule has 8 aliphatic heterocycles. The number of piperazine rings is 2. The van der Waals surface area contributed by atoms with Gasteiger partial charge >= 0.3 is 0 Å². The van der Waals surface area contributed by atoms with Gasteiger partial charge in [0, 0.05) is 138 Å². The van der Waals surface area contributed by atoms with E-state index in [2.05, 4.69) is 76.5 Å². The summed E-state index contributed by atoms with van der Waals surface area (Å²) in [5.41, 5.74) is 9.66. The Bertz CT molecular complexity index is 4530. The summed E-state index contributed by atoms with van der Waals surface area (Å²) >= 11 is 0. The molecule has 20 nitrogen and oxygen atoms in total. The highest BCUT2D eigenvalue weighted by molar-refractivity contribution is 7.90. The van der Waals surface area contributed by atoms with Crippen molar-refractivity contribution in [3.8, 4) is 34.0 Å². The quantitative estimate of drug-likeness (QED) is 0.0978. The van der Waals surface area contributed by atoms with Gasteiger partial charge in [-0.3, -0.25) is 19.2 Å².